The number of nitrogens with two attached hydrogens (primary N) is 1. The van der Waals surface area contributed by atoms with Crippen molar-refractivity contribution in [2.45, 2.75) is 32.6 Å². The number of benzene rings is 6. The van der Waals surface area contributed by atoms with Crippen LogP contribution in [0.15, 0.2) is 103 Å². The molecule has 0 saturated carbocycles. The smallest absolute Gasteiger partial charge is 0.0714 e. The largest absolute Gasteiger partial charge is 0.404 e. The van der Waals surface area contributed by atoms with Crippen LogP contribution in [0.2, 0.25) is 0 Å². The van der Waals surface area contributed by atoms with Crippen molar-refractivity contribution in [2.75, 3.05) is 0 Å². The lowest BCUT2D eigenvalue weighted by molar-refractivity contribution is 0.591. The van der Waals surface area contributed by atoms with E-state index in [2.05, 4.69) is 118 Å². The summed E-state index contributed by atoms with van der Waals surface area (Å²) in [6, 6.07) is 35.3. The number of rotatable bonds is 3. The van der Waals surface area contributed by atoms with Gasteiger partial charge in [0, 0.05) is 23.3 Å². The van der Waals surface area contributed by atoms with E-state index in [0.29, 0.717) is 0 Å². The zero-order chi connectivity index (χ0) is 27.4. The lowest BCUT2D eigenvalue weighted by Crippen LogP contribution is -2.25. The molecule has 1 aromatic heterocycles. The maximum absolute atomic E-state index is 5.94. The Morgan fingerprint density at radius 1 is 0.675 bits per heavy atom. The van der Waals surface area contributed by atoms with Gasteiger partial charge in [-0.15, -0.1) is 0 Å². The van der Waals surface area contributed by atoms with Gasteiger partial charge in [-0.3, -0.25) is 4.98 Å². The Bertz CT molecular complexity index is 2160. The van der Waals surface area contributed by atoms with Crippen LogP contribution >= 0.6 is 0 Å². The highest BCUT2D eigenvalue weighted by Gasteiger charge is 2.19. The van der Waals surface area contributed by atoms with Gasteiger partial charge in [0.25, 0.3) is 0 Å². The first kappa shape index (κ1) is 24.4. The van der Waals surface area contributed by atoms with Crippen molar-refractivity contribution >= 4 is 55.4 Å². The second-order valence-corrected chi connectivity index (χ2v) is 11.9. The molecule has 0 spiro atoms. The highest BCUT2D eigenvalue weighted by atomic mass is 14.7. The van der Waals surface area contributed by atoms with Crippen molar-refractivity contribution in [1.82, 2.24) is 4.98 Å². The topological polar surface area (TPSA) is 38.9 Å². The molecule has 2 nitrogen and oxygen atoms in total. The van der Waals surface area contributed by atoms with Gasteiger partial charge in [-0.05, 0) is 83.2 Å². The molecule has 0 aliphatic carbocycles. The molecule has 2 heteroatoms. The molecule has 0 aliphatic heterocycles. The predicted molar refractivity (Wildman–Crippen MR) is 172 cm³/mol. The van der Waals surface area contributed by atoms with Crippen molar-refractivity contribution in [3.05, 3.63) is 125 Å². The lowest BCUT2D eigenvalue weighted by Gasteiger charge is -2.22. The first-order valence-electron chi connectivity index (χ1n) is 14.0. The minimum atomic E-state index is 0.0815. The Morgan fingerprint density at radius 3 is 2.08 bits per heavy atom. The van der Waals surface area contributed by atoms with E-state index in [1.807, 2.05) is 12.3 Å². The first-order chi connectivity index (χ1) is 19.4. The van der Waals surface area contributed by atoms with Crippen molar-refractivity contribution in [2.24, 2.45) is 5.73 Å². The molecule has 7 rings (SSSR count). The van der Waals surface area contributed by atoms with Crippen LogP contribution in [0.4, 0.5) is 0 Å². The van der Waals surface area contributed by atoms with Crippen LogP contribution in [0.3, 0.4) is 0 Å². The van der Waals surface area contributed by atoms with E-state index in [9.17, 15) is 0 Å². The summed E-state index contributed by atoms with van der Waals surface area (Å²) < 4.78 is 0. The van der Waals surface area contributed by atoms with Crippen molar-refractivity contribution in [3.8, 4) is 11.3 Å². The van der Waals surface area contributed by atoms with Gasteiger partial charge >= 0.3 is 0 Å². The Morgan fingerprint density at radius 2 is 1.35 bits per heavy atom. The monoisotopic (exact) mass is 516 g/mol. The number of hydrogen-bond acceptors (Lipinski definition) is 2. The molecular formula is C38H32N2. The third-order valence-corrected chi connectivity index (χ3v) is 8.29. The van der Waals surface area contributed by atoms with Crippen LogP contribution in [0.25, 0.3) is 66.6 Å². The van der Waals surface area contributed by atoms with Crippen LogP contribution in [0.1, 0.15) is 31.9 Å². The Hall–Kier alpha value is -4.69. The molecule has 0 unspecified atom stereocenters. The van der Waals surface area contributed by atoms with Gasteiger partial charge < -0.3 is 5.73 Å². The summed E-state index contributed by atoms with van der Waals surface area (Å²) in [4.78, 5) is 4.96. The second kappa shape index (κ2) is 9.20. The maximum atomic E-state index is 5.94. The molecule has 0 fully saturated rings. The molecule has 0 amide bonds. The number of fused-ring (bicyclic) bond motifs is 1. The Balaban J connectivity index is 1.55. The van der Waals surface area contributed by atoms with E-state index in [0.717, 1.165) is 27.9 Å². The van der Waals surface area contributed by atoms with E-state index in [4.69, 9.17) is 10.7 Å². The first-order valence-corrected chi connectivity index (χ1v) is 14.0. The predicted octanol–water partition coefficient (Wildman–Crippen LogP) is 7.82. The number of hydrogen-bond donors (Lipinski definition) is 1. The van der Waals surface area contributed by atoms with E-state index >= 15 is 0 Å². The summed E-state index contributed by atoms with van der Waals surface area (Å²) in [5, 5.41) is 12.3. The van der Waals surface area contributed by atoms with Crippen LogP contribution < -0.4 is 16.2 Å². The molecule has 0 bridgehead atoms. The quantitative estimate of drug-likeness (QED) is 0.243. The fraction of sp³-hybridized carbons (Fsp3) is 0.132. The van der Waals surface area contributed by atoms with Gasteiger partial charge in [0.15, 0.2) is 0 Å². The highest BCUT2D eigenvalue weighted by molar-refractivity contribution is 6.26. The third-order valence-electron chi connectivity index (χ3n) is 8.29. The van der Waals surface area contributed by atoms with Crippen molar-refractivity contribution in [3.63, 3.8) is 0 Å². The minimum Gasteiger partial charge on any atom is -0.404 e. The third kappa shape index (κ3) is 3.99. The average Bonchev–Trinajstić information content (AvgIpc) is 2.98. The summed E-state index contributed by atoms with van der Waals surface area (Å²) in [7, 11) is 0. The molecule has 0 radical (unpaired) electrons. The zero-order valence-corrected chi connectivity index (χ0v) is 23.2. The van der Waals surface area contributed by atoms with E-state index in [-0.39, 0.29) is 5.41 Å². The Labute approximate surface area is 234 Å². The molecule has 194 valence electrons. The summed E-state index contributed by atoms with van der Waals surface area (Å²) in [5.74, 6) is 0. The molecule has 6 aromatic carbocycles. The van der Waals surface area contributed by atoms with Gasteiger partial charge in [-0.1, -0.05) is 112 Å². The van der Waals surface area contributed by atoms with Crippen molar-refractivity contribution < 1.29 is 0 Å². The summed E-state index contributed by atoms with van der Waals surface area (Å²) in [6.45, 7) is 6.86. The second-order valence-electron chi connectivity index (χ2n) is 11.9. The normalized spacial score (nSPS) is 13.4. The van der Waals surface area contributed by atoms with Crippen molar-refractivity contribution in [1.29, 1.82) is 0 Å². The molecule has 7 aromatic rings. The number of pyridine rings is 1. The summed E-state index contributed by atoms with van der Waals surface area (Å²) in [6.07, 6.45) is 6.78. The van der Waals surface area contributed by atoms with Crippen LogP contribution in [-0.4, -0.2) is 4.98 Å². The van der Waals surface area contributed by atoms with E-state index in [1.165, 1.54) is 54.4 Å². The molecule has 1 heterocycles. The number of aromatic nitrogens is 1. The zero-order valence-electron chi connectivity index (χ0n) is 23.2. The van der Waals surface area contributed by atoms with Gasteiger partial charge in [0.05, 0.1) is 5.69 Å². The molecule has 40 heavy (non-hydrogen) atoms. The van der Waals surface area contributed by atoms with Gasteiger partial charge in [0.2, 0.25) is 0 Å². The molecule has 2 N–H and O–H groups in total. The molecule has 0 saturated heterocycles. The van der Waals surface area contributed by atoms with Gasteiger partial charge in [-0.25, -0.2) is 0 Å². The minimum absolute atomic E-state index is 0.0815. The van der Waals surface area contributed by atoms with Crippen LogP contribution in [0, 0.1) is 0 Å². The van der Waals surface area contributed by atoms with Gasteiger partial charge in [0.1, 0.15) is 0 Å². The Kier molecular flexibility index (Phi) is 5.61. The fourth-order valence-electron chi connectivity index (χ4n) is 6.10. The van der Waals surface area contributed by atoms with Crippen LogP contribution in [-0.2, 0) is 11.8 Å². The lowest BCUT2D eigenvalue weighted by atomic mass is 9.82. The van der Waals surface area contributed by atoms with E-state index < -0.39 is 0 Å². The SMILES string of the molecule is CC(C)(C)c1cc2ccc3c(C/C=c4/cccc/c4=C/N)cc(-c4cc5ccccc5cn4)c4ccc(c1)c2c34. The fourth-order valence-corrected chi connectivity index (χ4v) is 6.10. The number of nitrogens with zero attached hydrogens (tertiary/aromatic N) is 1. The standard InChI is InChI=1S/C38H32N2/c1-38(2,3)31-18-27-14-16-32-26(13-12-24-8-4-6-10-29(24)22-39)20-34(33-17-15-28(19-31)36(27)37(32)33)35-21-25-9-5-7-11-30(25)23-40-35/h4-12,14-23H,13,39H2,1-3H3/b24-12-,29-22-. The molecular weight excluding hydrogens is 484 g/mol. The maximum Gasteiger partial charge on any atom is 0.0714 e. The highest BCUT2D eigenvalue weighted by Crippen LogP contribution is 2.42. The van der Waals surface area contributed by atoms with Crippen LogP contribution in [0.5, 0.6) is 0 Å². The van der Waals surface area contributed by atoms with Gasteiger partial charge in [-0.2, -0.15) is 0 Å². The average molecular weight is 517 g/mol. The summed E-state index contributed by atoms with van der Waals surface area (Å²) in [5.41, 5.74) is 10.9. The van der Waals surface area contributed by atoms with E-state index in [1.54, 1.807) is 6.20 Å². The summed E-state index contributed by atoms with van der Waals surface area (Å²) >= 11 is 0. The molecule has 0 atom stereocenters. The molecule has 0 aliphatic rings.